The van der Waals surface area contributed by atoms with Gasteiger partial charge in [0.25, 0.3) is 15.9 Å². The lowest BCUT2D eigenvalue weighted by atomic mass is 9.91. The summed E-state index contributed by atoms with van der Waals surface area (Å²) in [5, 5.41) is 2.98. The van der Waals surface area contributed by atoms with Gasteiger partial charge >= 0.3 is 0 Å². The molecule has 1 fully saturated rings. The number of sulfonamides is 1. The first-order valence-corrected chi connectivity index (χ1v) is 10.6. The number of rotatable bonds is 5. The van der Waals surface area contributed by atoms with Crippen LogP contribution >= 0.6 is 0 Å². The number of carbonyl (C=O) groups is 1. The molecular formula is C20H25N3O3S. The normalized spacial score (nSPS) is 20.1. The minimum absolute atomic E-state index is 0.0568. The number of benzene rings is 2. The summed E-state index contributed by atoms with van der Waals surface area (Å²) in [5.74, 6) is -0.261. The molecule has 1 saturated carbocycles. The third-order valence-electron chi connectivity index (χ3n) is 4.82. The first-order valence-electron chi connectivity index (χ1n) is 9.09. The first-order chi connectivity index (χ1) is 12.8. The molecule has 6 nitrogen and oxygen atoms in total. The van der Waals surface area contributed by atoms with Crippen LogP contribution in [0.3, 0.4) is 0 Å². The Balaban J connectivity index is 1.72. The fourth-order valence-electron chi connectivity index (χ4n) is 3.17. The minimum atomic E-state index is -3.77. The summed E-state index contributed by atoms with van der Waals surface area (Å²) in [4.78, 5) is 12.6. The lowest BCUT2D eigenvalue weighted by molar-refractivity contribution is 0.0925. The highest BCUT2D eigenvalue weighted by Gasteiger charge is 2.22. The molecular weight excluding hydrogens is 362 g/mol. The van der Waals surface area contributed by atoms with E-state index in [0.29, 0.717) is 11.3 Å². The third kappa shape index (κ3) is 5.08. The van der Waals surface area contributed by atoms with Crippen molar-refractivity contribution in [3.63, 3.8) is 0 Å². The van der Waals surface area contributed by atoms with Crippen LogP contribution in [0.5, 0.6) is 0 Å². The smallest absolute Gasteiger partial charge is 0.261 e. The van der Waals surface area contributed by atoms with Crippen molar-refractivity contribution in [2.24, 2.45) is 5.73 Å². The standard InChI is InChI=1S/C20H25N3O3S/c1-14-5-9-18(10-6-14)23-27(25,26)19-4-2-3-15(13-19)20(24)22-17-11-7-16(21)8-12-17/h2-6,9-10,13,16-17,23H,7-8,11-12,21H2,1H3,(H,22,24). The Bertz CT molecular complexity index is 902. The maximum atomic E-state index is 12.6. The maximum absolute atomic E-state index is 12.6. The molecule has 1 aliphatic rings. The average molecular weight is 388 g/mol. The number of hydrogen-bond donors (Lipinski definition) is 3. The summed E-state index contributed by atoms with van der Waals surface area (Å²) < 4.78 is 27.8. The van der Waals surface area contributed by atoms with Crippen molar-refractivity contribution in [1.82, 2.24) is 5.32 Å². The Morgan fingerprint density at radius 3 is 2.37 bits per heavy atom. The molecule has 4 N–H and O–H groups in total. The van der Waals surface area contributed by atoms with Gasteiger partial charge in [-0.15, -0.1) is 0 Å². The van der Waals surface area contributed by atoms with Crippen LogP contribution in [-0.2, 0) is 10.0 Å². The molecule has 0 aromatic heterocycles. The third-order valence-corrected chi connectivity index (χ3v) is 6.20. The molecule has 1 aliphatic carbocycles. The molecule has 2 aromatic carbocycles. The molecule has 7 heteroatoms. The minimum Gasteiger partial charge on any atom is -0.349 e. The molecule has 144 valence electrons. The summed E-state index contributed by atoms with van der Waals surface area (Å²) >= 11 is 0. The van der Waals surface area contributed by atoms with Gasteiger partial charge in [0.15, 0.2) is 0 Å². The Morgan fingerprint density at radius 2 is 1.70 bits per heavy atom. The maximum Gasteiger partial charge on any atom is 0.261 e. The molecule has 0 saturated heterocycles. The van der Waals surface area contributed by atoms with E-state index in [0.717, 1.165) is 31.2 Å². The van der Waals surface area contributed by atoms with E-state index in [9.17, 15) is 13.2 Å². The second kappa shape index (κ2) is 8.10. The molecule has 0 heterocycles. The highest BCUT2D eigenvalue weighted by molar-refractivity contribution is 7.92. The van der Waals surface area contributed by atoms with Gasteiger partial charge in [0.05, 0.1) is 4.90 Å². The van der Waals surface area contributed by atoms with Gasteiger partial charge < -0.3 is 11.1 Å². The van der Waals surface area contributed by atoms with Crippen molar-refractivity contribution in [3.05, 3.63) is 59.7 Å². The number of nitrogens with two attached hydrogens (primary N) is 1. The summed E-state index contributed by atoms with van der Waals surface area (Å²) in [6.07, 6.45) is 3.47. The number of aryl methyl sites for hydroxylation is 1. The van der Waals surface area contributed by atoms with Crippen molar-refractivity contribution < 1.29 is 13.2 Å². The van der Waals surface area contributed by atoms with E-state index in [2.05, 4.69) is 10.0 Å². The summed E-state index contributed by atoms with van der Waals surface area (Å²) in [6.45, 7) is 1.93. The van der Waals surface area contributed by atoms with Crippen LogP contribution in [0.15, 0.2) is 53.4 Å². The molecule has 0 aliphatic heterocycles. The fourth-order valence-corrected chi connectivity index (χ4v) is 4.28. The van der Waals surface area contributed by atoms with Crippen molar-refractivity contribution in [2.75, 3.05) is 4.72 Å². The van der Waals surface area contributed by atoms with Gasteiger partial charge in [-0.25, -0.2) is 8.42 Å². The van der Waals surface area contributed by atoms with Crippen molar-refractivity contribution in [3.8, 4) is 0 Å². The van der Waals surface area contributed by atoms with E-state index in [1.165, 1.54) is 12.1 Å². The van der Waals surface area contributed by atoms with Gasteiger partial charge in [-0.3, -0.25) is 9.52 Å². The van der Waals surface area contributed by atoms with Crippen LogP contribution in [-0.4, -0.2) is 26.4 Å². The number of anilines is 1. The lowest BCUT2D eigenvalue weighted by Crippen LogP contribution is -2.40. The van der Waals surface area contributed by atoms with Gasteiger partial charge in [0.2, 0.25) is 0 Å². The van der Waals surface area contributed by atoms with Crippen LogP contribution in [0.2, 0.25) is 0 Å². The van der Waals surface area contributed by atoms with Gasteiger partial charge in [-0.05, 0) is 62.9 Å². The fraction of sp³-hybridized carbons (Fsp3) is 0.350. The number of hydrogen-bond acceptors (Lipinski definition) is 4. The Morgan fingerprint density at radius 1 is 1.04 bits per heavy atom. The zero-order valence-electron chi connectivity index (χ0n) is 15.3. The van der Waals surface area contributed by atoms with E-state index in [4.69, 9.17) is 5.73 Å². The predicted molar refractivity (Wildman–Crippen MR) is 106 cm³/mol. The van der Waals surface area contributed by atoms with Crippen molar-refractivity contribution in [2.45, 2.75) is 49.6 Å². The zero-order valence-corrected chi connectivity index (χ0v) is 16.1. The van der Waals surface area contributed by atoms with E-state index in [-0.39, 0.29) is 22.9 Å². The van der Waals surface area contributed by atoms with Crippen LogP contribution in [0.25, 0.3) is 0 Å². The van der Waals surface area contributed by atoms with Gasteiger partial charge in [0.1, 0.15) is 0 Å². The zero-order chi connectivity index (χ0) is 19.4. The van der Waals surface area contributed by atoms with Crippen LogP contribution in [0.4, 0.5) is 5.69 Å². The van der Waals surface area contributed by atoms with Crippen LogP contribution in [0.1, 0.15) is 41.6 Å². The SMILES string of the molecule is Cc1ccc(NS(=O)(=O)c2cccc(C(=O)NC3CCC(N)CC3)c2)cc1. The Hall–Kier alpha value is -2.38. The molecule has 0 unspecified atom stereocenters. The van der Waals surface area contributed by atoms with E-state index in [1.807, 2.05) is 19.1 Å². The molecule has 0 spiro atoms. The topological polar surface area (TPSA) is 101 Å². The Kier molecular flexibility index (Phi) is 5.82. The van der Waals surface area contributed by atoms with Crippen molar-refractivity contribution >= 4 is 21.6 Å². The van der Waals surface area contributed by atoms with Gasteiger partial charge in [-0.2, -0.15) is 0 Å². The van der Waals surface area contributed by atoms with Gasteiger partial charge in [-0.1, -0.05) is 23.8 Å². The molecule has 0 bridgehead atoms. The second-order valence-electron chi connectivity index (χ2n) is 7.08. The van der Waals surface area contributed by atoms with E-state index < -0.39 is 10.0 Å². The summed E-state index contributed by atoms with van der Waals surface area (Å²) in [7, 11) is -3.77. The molecule has 2 aromatic rings. The largest absolute Gasteiger partial charge is 0.349 e. The number of carbonyl (C=O) groups excluding carboxylic acids is 1. The average Bonchev–Trinajstić information content (AvgIpc) is 2.65. The quantitative estimate of drug-likeness (QED) is 0.734. The number of nitrogens with one attached hydrogen (secondary N) is 2. The predicted octanol–water partition coefficient (Wildman–Crippen LogP) is 2.80. The van der Waals surface area contributed by atoms with Crippen LogP contribution in [0, 0.1) is 6.92 Å². The highest BCUT2D eigenvalue weighted by Crippen LogP contribution is 2.20. The van der Waals surface area contributed by atoms with E-state index >= 15 is 0 Å². The monoisotopic (exact) mass is 387 g/mol. The summed E-state index contributed by atoms with van der Waals surface area (Å²) in [5.41, 5.74) is 7.74. The summed E-state index contributed by atoms with van der Waals surface area (Å²) in [6, 6.07) is 13.4. The molecule has 0 radical (unpaired) electrons. The highest BCUT2D eigenvalue weighted by atomic mass is 32.2. The van der Waals surface area contributed by atoms with E-state index in [1.54, 1.807) is 24.3 Å². The van der Waals surface area contributed by atoms with Crippen LogP contribution < -0.4 is 15.8 Å². The Labute approximate surface area is 160 Å². The first kappa shape index (κ1) is 19.4. The second-order valence-corrected chi connectivity index (χ2v) is 8.77. The van der Waals surface area contributed by atoms with Gasteiger partial charge in [0, 0.05) is 23.3 Å². The lowest BCUT2D eigenvalue weighted by Gasteiger charge is -2.26. The number of amides is 1. The molecule has 27 heavy (non-hydrogen) atoms. The molecule has 0 atom stereocenters. The van der Waals surface area contributed by atoms with Crippen molar-refractivity contribution in [1.29, 1.82) is 0 Å². The molecule has 3 rings (SSSR count). The molecule has 1 amide bonds.